The summed E-state index contributed by atoms with van der Waals surface area (Å²) in [6, 6.07) is 18.3. The fourth-order valence-corrected chi connectivity index (χ4v) is 7.02. The van der Waals surface area contributed by atoms with Crippen molar-refractivity contribution in [3.8, 4) is 11.3 Å². The van der Waals surface area contributed by atoms with Crippen LogP contribution in [0.4, 0.5) is 33.1 Å². The minimum Gasteiger partial charge on any atom is -0.392 e. The molecule has 6 rings (SSSR count). The van der Waals surface area contributed by atoms with Gasteiger partial charge in [0.1, 0.15) is 17.5 Å². The second-order valence-electron chi connectivity index (χ2n) is 14.6. The van der Waals surface area contributed by atoms with Gasteiger partial charge < -0.3 is 30.7 Å². The van der Waals surface area contributed by atoms with Crippen molar-refractivity contribution < 1.29 is 23.8 Å². The molecule has 2 aromatic heterocycles. The van der Waals surface area contributed by atoms with Gasteiger partial charge in [-0.2, -0.15) is 0 Å². The number of anilines is 5. The number of amides is 2. The van der Waals surface area contributed by atoms with Gasteiger partial charge in [0.2, 0.25) is 5.91 Å². The topological polar surface area (TPSA) is 132 Å². The highest BCUT2D eigenvalue weighted by molar-refractivity contribution is 6.05. The highest BCUT2D eigenvalue weighted by atomic mass is 19.1. The number of hydrogen-bond acceptors (Lipinski definition) is 9. The van der Waals surface area contributed by atoms with E-state index in [-0.39, 0.29) is 28.7 Å². The number of piperazine rings is 1. The van der Waals surface area contributed by atoms with E-state index in [1.165, 1.54) is 24.4 Å². The van der Waals surface area contributed by atoms with Crippen LogP contribution in [-0.2, 0) is 21.6 Å². The largest absolute Gasteiger partial charge is 0.392 e. The first-order chi connectivity index (χ1) is 25.4. The van der Waals surface area contributed by atoms with Gasteiger partial charge in [0.05, 0.1) is 29.2 Å². The second-order valence-corrected chi connectivity index (χ2v) is 14.6. The molecule has 0 unspecified atom stereocenters. The first-order valence-electron chi connectivity index (χ1n) is 18.1. The molecule has 2 amide bonds. The fraction of sp³-hybridized carbons (Fsp3) is 0.366. The van der Waals surface area contributed by atoms with Crippen molar-refractivity contribution in [3.05, 3.63) is 102 Å². The molecule has 0 bridgehead atoms. The Kier molecular flexibility index (Phi) is 11.5. The normalized spacial score (nSPS) is 16.9. The van der Waals surface area contributed by atoms with Crippen molar-refractivity contribution in [1.29, 1.82) is 0 Å². The number of carbonyl (C=O) groups excluding carboxylic acids is 2. The summed E-state index contributed by atoms with van der Waals surface area (Å²) >= 11 is 0. The summed E-state index contributed by atoms with van der Waals surface area (Å²) in [5.41, 5.74) is 4.06. The minimum absolute atomic E-state index is 0.107. The van der Waals surface area contributed by atoms with Crippen LogP contribution in [-0.4, -0.2) is 76.7 Å². The molecule has 12 heteroatoms. The number of aromatic nitrogens is 2. The van der Waals surface area contributed by atoms with Gasteiger partial charge in [-0.15, -0.1) is 0 Å². The van der Waals surface area contributed by atoms with Crippen molar-refractivity contribution in [3.63, 3.8) is 0 Å². The Balaban J connectivity index is 1.21. The molecule has 4 N–H and O–H groups in total. The van der Waals surface area contributed by atoms with E-state index in [1.54, 1.807) is 18.2 Å². The number of halogens is 1. The molecule has 0 aliphatic carbocycles. The molecule has 0 radical (unpaired) electrons. The Labute approximate surface area is 310 Å². The zero-order valence-corrected chi connectivity index (χ0v) is 30.8. The number of ether oxygens (including phenoxy) is 1. The number of nitrogens with one attached hydrogen (secondary N) is 3. The SMILES string of the molecule is C=CC(=O)Nc1cc(Nc2cccc(-c3ccnc(NC(=O)c4ccc(C(C)(C)C)cc4F)c3CO)n2)ccc1N1CCN(C2CCOCC2)C[C@@H]1C. The Bertz CT molecular complexity index is 1970. The summed E-state index contributed by atoms with van der Waals surface area (Å²) in [6.07, 6.45) is 4.86. The summed E-state index contributed by atoms with van der Waals surface area (Å²) in [6.45, 7) is 15.6. The Morgan fingerprint density at radius 3 is 2.55 bits per heavy atom. The maximum atomic E-state index is 15.0. The molecule has 278 valence electrons. The number of benzene rings is 2. The first kappa shape index (κ1) is 37.6. The zero-order valence-electron chi connectivity index (χ0n) is 30.8. The van der Waals surface area contributed by atoms with Crippen molar-refractivity contribution in [2.24, 2.45) is 0 Å². The van der Waals surface area contributed by atoms with Crippen molar-refractivity contribution >= 4 is 40.5 Å². The van der Waals surface area contributed by atoms with Crippen LogP contribution in [0.1, 0.15) is 62.0 Å². The summed E-state index contributed by atoms with van der Waals surface area (Å²) in [4.78, 5) is 39.7. The van der Waals surface area contributed by atoms with Crippen molar-refractivity contribution in [2.45, 2.75) is 64.6 Å². The molecule has 11 nitrogen and oxygen atoms in total. The maximum Gasteiger partial charge on any atom is 0.259 e. The van der Waals surface area contributed by atoms with E-state index in [1.807, 2.05) is 51.1 Å². The van der Waals surface area contributed by atoms with E-state index in [2.05, 4.69) is 44.2 Å². The fourth-order valence-electron chi connectivity index (χ4n) is 7.02. The van der Waals surface area contributed by atoms with Gasteiger partial charge >= 0.3 is 0 Å². The van der Waals surface area contributed by atoms with Crippen LogP contribution in [0, 0.1) is 5.82 Å². The molecule has 53 heavy (non-hydrogen) atoms. The molecule has 4 heterocycles. The average Bonchev–Trinajstić information content (AvgIpc) is 3.15. The average molecular weight is 722 g/mol. The van der Waals surface area contributed by atoms with Crippen molar-refractivity contribution in [2.75, 3.05) is 53.7 Å². The number of pyridine rings is 2. The van der Waals surface area contributed by atoms with Crippen LogP contribution in [0.5, 0.6) is 0 Å². The van der Waals surface area contributed by atoms with Gasteiger partial charge in [-0.3, -0.25) is 14.5 Å². The summed E-state index contributed by atoms with van der Waals surface area (Å²) in [7, 11) is 0. The van der Waals surface area contributed by atoms with Crippen LogP contribution < -0.4 is 20.9 Å². The maximum absolute atomic E-state index is 15.0. The third kappa shape index (κ3) is 8.73. The number of hydrogen-bond donors (Lipinski definition) is 4. The minimum atomic E-state index is -0.677. The van der Waals surface area contributed by atoms with Gasteiger partial charge in [0, 0.05) is 67.9 Å². The van der Waals surface area contributed by atoms with Crippen molar-refractivity contribution in [1.82, 2.24) is 14.9 Å². The smallest absolute Gasteiger partial charge is 0.259 e. The van der Waals surface area contributed by atoms with Crippen LogP contribution in [0.25, 0.3) is 11.3 Å². The van der Waals surface area contributed by atoms with E-state index in [0.717, 1.165) is 56.9 Å². The standard InChI is InChI=1S/C41H48FN7O4/c1-6-38(51)46-35-23-28(11-13-36(35)49-19-18-48(24-26(49)2)29-15-20-53-21-16-29)44-37-9-7-8-34(45-37)30-14-17-43-39(32(30)25-50)47-40(52)31-12-10-27(22-33(31)42)41(3,4)5/h6-14,17,22-23,26,29,50H,1,15-16,18-21,24-25H2,2-5H3,(H,44,45)(H,46,51)(H,43,47,52)/t26-/m0/s1. The number of aliphatic hydroxyl groups excluding tert-OH is 1. The number of carbonyl (C=O) groups is 2. The number of nitrogens with zero attached hydrogens (tertiary/aromatic N) is 4. The van der Waals surface area contributed by atoms with Gasteiger partial charge in [-0.05, 0) is 85.4 Å². The lowest BCUT2D eigenvalue weighted by Crippen LogP contribution is -2.56. The van der Waals surface area contributed by atoms with Gasteiger partial charge in [0.15, 0.2) is 0 Å². The first-order valence-corrected chi connectivity index (χ1v) is 18.1. The molecule has 2 aliphatic heterocycles. The number of aliphatic hydroxyl groups is 1. The van der Waals surface area contributed by atoms with Crippen LogP contribution in [0.15, 0.2) is 79.5 Å². The van der Waals surface area contributed by atoms with Gasteiger partial charge in [-0.1, -0.05) is 39.5 Å². The molecule has 1 atom stereocenters. The van der Waals surface area contributed by atoms with E-state index in [4.69, 9.17) is 9.72 Å². The van der Waals surface area contributed by atoms with Crippen LogP contribution in [0.2, 0.25) is 0 Å². The third-order valence-electron chi connectivity index (χ3n) is 9.94. The molecule has 0 saturated carbocycles. The predicted molar refractivity (Wildman–Crippen MR) is 207 cm³/mol. The van der Waals surface area contributed by atoms with Gasteiger partial charge in [0.25, 0.3) is 5.91 Å². The van der Waals surface area contributed by atoms with E-state index < -0.39 is 18.3 Å². The zero-order chi connectivity index (χ0) is 37.7. The van der Waals surface area contributed by atoms with E-state index >= 15 is 4.39 Å². The Morgan fingerprint density at radius 1 is 1.06 bits per heavy atom. The van der Waals surface area contributed by atoms with Crippen LogP contribution >= 0.6 is 0 Å². The molecule has 2 aliphatic rings. The molecular weight excluding hydrogens is 673 g/mol. The lowest BCUT2D eigenvalue weighted by molar-refractivity contribution is -0.111. The number of rotatable bonds is 10. The van der Waals surface area contributed by atoms with Gasteiger partial charge in [-0.25, -0.2) is 14.4 Å². The quantitative estimate of drug-likeness (QED) is 0.129. The molecule has 2 aromatic carbocycles. The summed E-state index contributed by atoms with van der Waals surface area (Å²) < 4.78 is 20.6. The highest BCUT2D eigenvalue weighted by Gasteiger charge is 2.31. The van der Waals surface area contributed by atoms with Crippen LogP contribution in [0.3, 0.4) is 0 Å². The Hall–Kier alpha value is -5.17. The van der Waals surface area contributed by atoms with E-state index in [9.17, 15) is 14.7 Å². The lowest BCUT2D eigenvalue weighted by Gasteiger charge is -2.45. The predicted octanol–water partition coefficient (Wildman–Crippen LogP) is 6.88. The molecule has 0 spiro atoms. The second kappa shape index (κ2) is 16.2. The molecular formula is C41H48FN7O4. The molecule has 2 fully saturated rings. The lowest BCUT2D eigenvalue weighted by atomic mass is 9.86. The monoisotopic (exact) mass is 721 g/mol. The summed E-state index contributed by atoms with van der Waals surface area (Å²) in [5, 5.41) is 19.4. The summed E-state index contributed by atoms with van der Waals surface area (Å²) in [5.74, 6) is -1.000. The third-order valence-corrected chi connectivity index (χ3v) is 9.94. The van der Waals surface area contributed by atoms with E-state index in [0.29, 0.717) is 40.1 Å². The highest BCUT2D eigenvalue weighted by Crippen LogP contribution is 2.35. The molecule has 2 saturated heterocycles. The Morgan fingerprint density at radius 2 is 1.85 bits per heavy atom. The molecule has 4 aromatic rings.